The number of ether oxygens (including phenoxy) is 1. The molecule has 0 fully saturated rings. The van der Waals surface area contributed by atoms with Crippen LogP contribution in [0.3, 0.4) is 0 Å². The largest absolute Gasteiger partial charge is 0.482 e. The summed E-state index contributed by atoms with van der Waals surface area (Å²) in [4.78, 5) is 18.3. The summed E-state index contributed by atoms with van der Waals surface area (Å²) in [5.41, 5.74) is 5.84. The van der Waals surface area contributed by atoms with Crippen LogP contribution in [0.1, 0.15) is 23.3 Å². The van der Waals surface area contributed by atoms with Crippen LogP contribution >= 0.6 is 11.3 Å². The molecule has 5 heteroatoms. The van der Waals surface area contributed by atoms with Gasteiger partial charge >= 0.3 is 5.97 Å². The summed E-state index contributed by atoms with van der Waals surface area (Å²) in [6.45, 7) is -0.345. The third-order valence-electron chi connectivity index (χ3n) is 5.52. The Morgan fingerprint density at radius 1 is 1.00 bits per heavy atom. The highest BCUT2D eigenvalue weighted by molar-refractivity contribution is 7.19. The average molecular weight is 416 g/mol. The number of carboxylic acids is 1. The van der Waals surface area contributed by atoms with Gasteiger partial charge in [0.05, 0.1) is 5.69 Å². The predicted molar refractivity (Wildman–Crippen MR) is 120 cm³/mol. The molecule has 5 rings (SSSR count). The van der Waals surface area contributed by atoms with Gasteiger partial charge in [-0.05, 0) is 72.7 Å². The van der Waals surface area contributed by atoms with Crippen LogP contribution in [0, 0.1) is 0 Å². The number of thiophene rings is 1. The number of carbonyl (C=O) groups is 1. The van der Waals surface area contributed by atoms with Crippen molar-refractivity contribution in [3.63, 3.8) is 0 Å². The van der Waals surface area contributed by atoms with Gasteiger partial charge in [-0.1, -0.05) is 30.3 Å². The van der Waals surface area contributed by atoms with Crippen molar-refractivity contribution in [2.24, 2.45) is 0 Å². The van der Waals surface area contributed by atoms with E-state index in [-0.39, 0.29) is 6.61 Å². The number of rotatable bonds is 5. The summed E-state index contributed by atoms with van der Waals surface area (Å²) in [5.74, 6) is -0.447. The standard InChI is InChI=1S/C25H21NO3S/c27-23(28)15-29-18-12-10-17(11-13-18)21-14-20(16-6-2-1-3-7-16)24-19-8-4-5-9-22(19)30-25(24)26-21/h1-3,6-7,10-14H,4-5,8-9,15H2,(H,27,28). The second-order valence-electron chi connectivity index (χ2n) is 7.52. The molecular formula is C25H21NO3S. The van der Waals surface area contributed by atoms with E-state index >= 15 is 0 Å². The molecule has 0 radical (unpaired) electrons. The number of nitrogens with zero attached hydrogens (tertiary/aromatic N) is 1. The smallest absolute Gasteiger partial charge is 0.341 e. The molecule has 0 unspecified atom stereocenters. The molecule has 0 atom stereocenters. The molecule has 0 spiro atoms. The third-order valence-corrected chi connectivity index (χ3v) is 6.71. The number of aromatic nitrogens is 1. The van der Waals surface area contributed by atoms with E-state index in [2.05, 4.69) is 30.3 Å². The highest BCUT2D eigenvalue weighted by Crippen LogP contribution is 2.42. The van der Waals surface area contributed by atoms with Crippen molar-refractivity contribution in [2.75, 3.05) is 6.61 Å². The van der Waals surface area contributed by atoms with Crippen LogP contribution in [0.5, 0.6) is 5.75 Å². The van der Waals surface area contributed by atoms with Crippen LogP contribution in [-0.4, -0.2) is 22.7 Å². The lowest BCUT2D eigenvalue weighted by atomic mass is 9.92. The quantitative estimate of drug-likeness (QED) is 0.436. The Kier molecular flexibility index (Phi) is 4.97. The number of carboxylic acid groups (broad SMARTS) is 1. The Hall–Kier alpha value is -3.18. The fraction of sp³-hybridized carbons (Fsp3) is 0.200. The lowest BCUT2D eigenvalue weighted by Gasteiger charge is -2.13. The Morgan fingerprint density at radius 2 is 1.77 bits per heavy atom. The highest BCUT2D eigenvalue weighted by atomic mass is 32.1. The van der Waals surface area contributed by atoms with Crippen LogP contribution in [0.4, 0.5) is 0 Å². The predicted octanol–water partition coefficient (Wildman–Crippen LogP) is 5.97. The van der Waals surface area contributed by atoms with E-state index in [9.17, 15) is 4.79 Å². The van der Waals surface area contributed by atoms with E-state index in [1.165, 1.54) is 39.8 Å². The van der Waals surface area contributed by atoms with Crippen LogP contribution in [0.2, 0.25) is 0 Å². The number of hydrogen-bond donors (Lipinski definition) is 1. The van der Waals surface area contributed by atoms with Crippen molar-refractivity contribution in [2.45, 2.75) is 25.7 Å². The summed E-state index contributed by atoms with van der Waals surface area (Å²) in [6, 6.07) is 20.2. The fourth-order valence-electron chi connectivity index (χ4n) is 4.12. The van der Waals surface area contributed by atoms with Crippen molar-refractivity contribution >= 4 is 27.5 Å². The minimum atomic E-state index is -0.986. The summed E-state index contributed by atoms with van der Waals surface area (Å²) < 4.78 is 5.26. The van der Waals surface area contributed by atoms with E-state index in [1.807, 2.05) is 29.5 Å². The van der Waals surface area contributed by atoms with E-state index in [1.54, 1.807) is 12.1 Å². The molecule has 1 N–H and O–H groups in total. The molecule has 0 bridgehead atoms. The number of benzene rings is 2. The maximum atomic E-state index is 10.7. The summed E-state index contributed by atoms with van der Waals surface area (Å²) in [5, 5.41) is 10.1. The molecular weight excluding hydrogens is 394 g/mol. The first kappa shape index (κ1) is 18.8. The van der Waals surface area contributed by atoms with Gasteiger partial charge in [0.1, 0.15) is 10.6 Å². The normalized spacial score (nSPS) is 13.2. The Morgan fingerprint density at radius 3 is 2.53 bits per heavy atom. The Bertz CT molecular complexity index is 1210. The first-order valence-electron chi connectivity index (χ1n) is 10.1. The van der Waals surface area contributed by atoms with Crippen LogP contribution < -0.4 is 4.74 Å². The van der Waals surface area contributed by atoms with Gasteiger partial charge < -0.3 is 9.84 Å². The van der Waals surface area contributed by atoms with Crippen molar-refractivity contribution in [3.05, 3.63) is 71.1 Å². The second kappa shape index (κ2) is 7.92. The van der Waals surface area contributed by atoms with E-state index in [4.69, 9.17) is 14.8 Å². The van der Waals surface area contributed by atoms with Gasteiger partial charge in [0.15, 0.2) is 6.61 Å². The molecule has 0 saturated heterocycles. The van der Waals surface area contributed by atoms with Crippen LogP contribution in [0.25, 0.3) is 32.6 Å². The molecule has 0 saturated carbocycles. The first-order chi connectivity index (χ1) is 14.7. The molecule has 2 heterocycles. The van der Waals surface area contributed by atoms with E-state index in [0.717, 1.165) is 28.9 Å². The van der Waals surface area contributed by atoms with Crippen molar-refractivity contribution < 1.29 is 14.6 Å². The van der Waals surface area contributed by atoms with E-state index in [0.29, 0.717) is 5.75 Å². The third kappa shape index (κ3) is 3.57. The number of hydrogen-bond acceptors (Lipinski definition) is 4. The topological polar surface area (TPSA) is 59.4 Å². The lowest BCUT2D eigenvalue weighted by Crippen LogP contribution is -2.09. The van der Waals surface area contributed by atoms with Crippen LogP contribution in [-0.2, 0) is 17.6 Å². The number of fused-ring (bicyclic) bond motifs is 3. The van der Waals surface area contributed by atoms with Crippen LogP contribution in [0.15, 0.2) is 60.7 Å². The molecule has 30 heavy (non-hydrogen) atoms. The summed E-state index contributed by atoms with van der Waals surface area (Å²) in [7, 11) is 0. The minimum Gasteiger partial charge on any atom is -0.482 e. The van der Waals surface area contributed by atoms with Gasteiger partial charge in [0.25, 0.3) is 0 Å². The molecule has 2 aromatic carbocycles. The zero-order valence-electron chi connectivity index (χ0n) is 16.4. The maximum absolute atomic E-state index is 10.7. The lowest BCUT2D eigenvalue weighted by molar-refractivity contribution is -0.139. The zero-order chi connectivity index (χ0) is 20.5. The second-order valence-corrected chi connectivity index (χ2v) is 8.60. The Labute approximate surface area is 178 Å². The van der Waals surface area contributed by atoms with Gasteiger partial charge in [-0.15, -0.1) is 11.3 Å². The van der Waals surface area contributed by atoms with Gasteiger partial charge in [-0.3, -0.25) is 0 Å². The van der Waals surface area contributed by atoms with Gasteiger partial charge in [0.2, 0.25) is 0 Å². The Balaban J connectivity index is 1.62. The maximum Gasteiger partial charge on any atom is 0.341 e. The van der Waals surface area contributed by atoms with Gasteiger partial charge in [-0.25, -0.2) is 9.78 Å². The van der Waals surface area contributed by atoms with Gasteiger partial charge in [-0.2, -0.15) is 0 Å². The molecule has 0 amide bonds. The molecule has 4 nitrogen and oxygen atoms in total. The molecule has 1 aliphatic rings. The zero-order valence-corrected chi connectivity index (χ0v) is 17.2. The van der Waals surface area contributed by atoms with E-state index < -0.39 is 5.97 Å². The van der Waals surface area contributed by atoms with Gasteiger partial charge in [0, 0.05) is 15.8 Å². The summed E-state index contributed by atoms with van der Waals surface area (Å²) >= 11 is 1.83. The number of pyridine rings is 1. The molecule has 150 valence electrons. The molecule has 2 aromatic heterocycles. The highest BCUT2D eigenvalue weighted by Gasteiger charge is 2.21. The molecule has 4 aromatic rings. The molecule has 0 aliphatic heterocycles. The molecule has 1 aliphatic carbocycles. The summed E-state index contributed by atoms with van der Waals surface area (Å²) in [6.07, 6.45) is 4.78. The monoisotopic (exact) mass is 415 g/mol. The van der Waals surface area contributed by atoms with Crippen molar-refractivity contribution in [1.82, 2.24) is 4.98 Å². The fourth-order valence-corrected chi connectivity index (χ4v) is 5.41. The average Bonchev–Trinajstić information content (AvgIpc) is 3.16. The minimum absolute atomic E-state index is 0.345. The van der Waals surface area contributed by atoms with Crippen molar-refractivity contribution in [1.29, 1.82) is 0 Å². The number of aliphatic carboxylic acids is 1. The number of aryl methyl sites for hydroxylation is 2. The SMILES string of the molecule is O=C(O)COc1ccc(-c2cc(-c3ccccc3)c3c4c(sc3n2)CCCC4)cc1. The van der Waals surface area contributed by atoms with Crippen molar-refractivity contribution in [3.8, 4) is 28.1 Å². The first-order valence-corrected chi connectivity index (χ1v) is 11.0.